The third-order valence-corrected chi connectivity index (χ3v) is 4.25. The number of allylic oxidation sites excluding steroid dienone is 1. The van der Waals surface area contributed by atoms with Gasteiger partial charge in [0, 0.05) is 38.6 Å². The predicted molar refractivity (Wildman–Crippen MR) is 87.9 cm³/mol. The Morgan fingerprint density at radius 2 is 2.09 bits per heavy atom. The number of nitrogens with zero attached hydrogens (tertiary/aromatic N) is 3. The first-order chi connectivity index (χ1) is 10.2. The molecule has 1 fully saturated rings. The van der Waals surface area contributed by atoms with Gasteiger partial charge in [-0.05, 0) is 39.7 Å². The van der Waals surface area contributed by atoms with Crippen molar-refractivity contribution in [2.75, 3.05) is 20.1 Å². The minimum Gasteiger partial charge on any atom is -0.444 e. The Balaban J connectivity index is 1.88. The van der Waals surface area contributed by atoms with Crippen molar-refractivity contribution in [2.24, 2.45) is 4.99 Å². The lowest BCUT2D eigenvalue weighted by molar-refractivity contribution is 0.0105. The molecule has 0 aromatic carbocycles. The summed E-state index contributed by atoms with van der Waals surface area (Å²) in [7, 11) is 1.80. The number of aliphatic imine (C=N–C) groups is 1. The molecule has 0 aromatic heterocycles. The Hall–Kier alpha value is -1.27. The lowest BCUT2D eigenvalue weighted by Gasteiger charge is -2.43. The van der Waals surface area contributed by atoms with Crippen molar-refractivity contribution in [1.82, 2.24) is 15.1 Å². The molecule has 2 aliphatic rings. The van der Waals surface area contributed by atoms with Crippen LogP contribution in [0.5, 0.6) is 0 Å². The zero-order chi connectivity index (χ0) is 16.4. The van der Waals surface area contributed by atoms with Crippen molar-refractivity contribution >= 4 is 23.9 Å². The molecule has 0 spiro atoms. The van der Waals surface area contributed by atoms with Gasteiger partial charge in [0.05, 0.1) is 0 Å². The first-order valence-corrected chi connectivity index (χ1v) is 7.97. The van der Waals surface area contributed by atoms with E-state index < -0.39 is 10.8 Å². The fraction of sp³-hybridized carbons (Fsp3) is 0.733. The summed E-state index contributed by atoms with van der Waals surface area (Å²) in [4.78, 5) is 20.2. The number of hydrogen-bond acceptors (Lipinski definition) is 5. The van der Waals surface area contributed by atoms with Crippen LogP contribution in [0.2, 0.25) is 0 Å². The second-order valence-corrected chi connectivity index (χ2v) is 7.21. The summed E-state index contributed by atoms with van der Waals surface area (Å²) in [6.45, 7) is 7.15. The number of alkyl halides is 1. The number of likely N-dealkylation sites (tertiary alicyclic amines) is 1. The highest BCUT2D eigenvalue weighted by Gasteiger charge is 2.38. The maximum absolute atomic E-state index is 12.1. The second kappa shape index (κ2) is 6.46. The van der Waals surface area contributed by atoms with E-state index in [9.17, 15) is 4.79 Å². The van der Waals surface area contributed by atoms with Crippen molar-refractivity contribution in [3.8, 4) is 0 Å². The molecular formula is C15H25ClN4O2. The summed E-state index contributed by atoms with van der Waals surface area (Å²) in [6.07, 6.45) is 6.70. The lowest BCUT2D eigenvalue weighted by Crippen LogP contribution is -2.57. The minimum atomic E-state index is -0.899. The van der Waals surface area contributed by atoms with E-state index in [1.54, 1.807) is 24.4 Å². The maximum atomic E-state index is 12.1. The molecule has 6 nitrogen and oxygen atoms in total. The smallest absolute Gasteiger partial charge is 0.410 e. The molecule has 0 radical (unpaired) electrons. The Morgan fingerprint density at radius 3 is 2.59 bits per heavy atom. The second-order valence-electron chi connectivity index (χ2n) is 6.68. The first-order valence-electron chi connectivity index (χ1n) is 7.59. The molecule has 22 heavy (non-hydrogen) atoms. The van der Waals surface area contributed by atoms with E-state index in [0.717, 1.165) is 25.9 Å². The quantitative estimate of drug-likeness (QED) is 0.624. The van der Waals surface area contributed by atoms with Crippen molar-refractivity contribution in [3.05, 3.63) is 12.3 Å². The van der Waals surface area contributed by atoms with Crippen LogP contribution in [0.3, 0.4) is 0 Å². The zero-order valence-electron chi connectivity index (χ0n) is 13.7. The third kappa shape index (κ3) is 4.14. The minimum absolute atomic E-state index is 0.162. The molecule has 2 aliphatic heterocycles. The van der Waals surface area contributed by atoms with Crippen molar-refractivity contribution < 1.29 is 9.53 Å². The Morgan fingerprint density at radius 1 is 1.45 bits per heavy atom. The van der Waals surface area contributed by atoms with Crippen molar-refractivity contribution in [1.29, 1.82) is 0 Å². The third-order valence-electron chi connectivity index (χ3n) is 3.81. The van der Waals surface area contributed by atoms with Gasteiger partial charge in [0.1, 0.15) is 5.60 Å². The van der Waals surface area contributed by atoms with Crippen LogP contribution < -0.4 is 5.32 Å². The topological polar surface area (TPSA) is 57.2 Å². The Labute approximate surface area is 137 Å². The van der Waals surface area contributed by atoms with Gasteiger partial charge in [-0.1, -0.05) is 11.6 Å². The molecule has 2 rings (SSSR count). The first kappa shape index (κ1) is 17.1. The van der Waals surface area contributed by atoms with E-state index in [1.807, 2.05) is 26.8 Å². The molecule has 2 heterocycles. The molecule has 1 unspecified atom stereocenters. The normalized spacial score (nSPS) is 26.6. The van der Waals surface area contributed by atoms with Crippen LogP contribution in [0, 0.1) is 0 Å². The van der Waals surface area contributed by atoms with Gasteiger partial charge in [-0.2, -0.15) is 0 Å². The molecule has 7 heteroatoms. The number of ether oxygens (including phenoxy) is 1. The molecule has 1 N–H and O–H groups in total. The van der Waals surface area contributed by atoms with Crippen LogP contribution in [-0.2, 0) is 4.74 Å². The van der Waals surface area contributed by atoms with Crippen LogP contribution in [-0.4, -0.2) is 59.1 Å². The number of carbonyl (C=O) groups excluding carboxylic acids is 1. The maximum Gasteiger partial charge on any atom is 0.410 e. The molecular weight excluding hydrogens is 304 g/mol. The summed E-state index contributed by atoms with van der Waals surface area (Å²) in [5.41, 5.74) is -0.473. The molecule has 1 atom stereocenters. The average molecular weight is 329 g/mol. The highest BCUT2D eigenvalue weighted by molar-refractivity contribution is 6.23. The van der Waals surface area contributed by atoms with Gasteiger partial charge >= 0.3 is 6.09 Å². The zero-order valence-corrected chi connectivity index (χ0v) is 14.4. The molecule has 0 saturated carbocycles. The number of nitrogens with one attached hydrogen (secondary N) is 1. The molecule has 0 bridgehead atoms. The summed E-state index contributed by atoms with van der Waals surface area (Å²) >= 11 is 6.49. The van der Waals surface area contributed by atoms with Gasteiger partial charge in [0.25, 0.3) is 5.25 Å². The summed E-state index contributed by atoms with van der Waals surface area (Å²) < 4.78 is 5.42. The highest BCUT2D eigenvalue weighted by atomic mass is 35.5. The van der Waals surface area contributed by atoms with Crippen LogP contribution in [0.25, 0.3) is 0 Å². The summed E-state index contributed by atoms with van der Waals surface area (Å²) in [6, 6.07) is 0.162. The van der Waals surface area contributed by atoms with E-state index in [0.29, 0.717) is 0 Å². The number of halogens is 1. The van der Waals surface area contributed by atoms with Crippen LogP contribution in [0.4, 0.5) is 4.79 Å². The molecule has 1 saturated heterocycles. The van der Waals surface area contributed by atoms with E-state index in [2.05, 4.69) is 15.2 Å². The predicted octanol–water partition coefficient (Wildman–Crippen LogP) is 2.36. The van der Waals surface area contributed by atoms with Gasteiger partial charge in [0.2, 0.25) is 0 Å². The Kier molecular flexibility index (Phi) is 5.02. The number of carbonyl (C=O) groups is 1. The largest absolute Gasteiger partial charge is 0.444 e. The van der Waals surface area contributed by atoms with Crippen LogP contribution in [0.1, 0.15) is 33.6 Å². The molecule has 124 valence electrons. The fourth-order valence-corrected chi connectivity index (χ4v) is 2.87. The van der Waals surface area contributed by atoms with Gasteiger partial charge in [-0.25, -0.2) is 14.7 Å². The number of piperidine rings is 1. The van der Waals surface area contributed by atoms with E-state index in [4.69, 9.17) is 16.3 Å². The van der Waals surface area contributed by atoms with Gasteiger partial charge in [-0.3, -0.25) is 0 Å². The summed E-state index contributed by atoms with van der Waals surface area (Å²) in [5, 5.41) is 2.17. The standard InChI is InChI=1S/C15H25ClN4O2/c1-14(2,3)22-13(21)19(4)12-6-10-20(11-7-12)15(16)17-8-5-9-18-15/h5,8-9,12,17H,6-7,10-11H2,1-4H3. The van der Waals surface area contributed by atoms with E-state index >= 15 is 0 Å². The monoisotopic (exact) mass is 328 g/mol. The van der Waals surface area contributed by atoms with Crippen molar-refractivity contribution in [2.45, 2.75) is 50.5 Å². The van der Waals surface area contributed by atoms with Gasteiger partial charge in [-0.15, -0.1) is 0 Å². The van der Waals surface area contributed by atoms with Crippen LogP contribution in [0.15, 0.2) is 17.3 Å². The fourth-order valence-electron chi connectivity index (χ4n) is 2.58. The molecule has 0 aliphatic carbocycles. The van der Waals surface area contributed by atoms with Gasteiger partial charge < -0.3 is 15.0 Å². The number of amides is 1. The van der Waals surface area contributed by atoms with Gasteiger partial charge in [0.15, 0.2) is 0 Å². The van der Waals surface area contributed by atoms with E-state index in [1.165, 1.54) is 0 Å². The summed E-state index contributed by atoms with van der Waals surface area (Å²) in [5.74, 6) is 0. The SMILES string of the molecule is CN(C(=O)OC(C)(C)C)C1CCN(C2(Cl)N=CC=CN2)CC1. The molecule has 0 aromatic rings. The lowest BCUT2D eigenvalue weighted by atomic mass is 10.0. The van der Waals surface area contributed by atoms with E-state index in [-0.39, 0.29) is 12.1 Å². The number of rotatable bonds is 2. The van der Waals surface area contributed by atoms with Crippen LogP contribution >= 0.6 is 11.6 Å². The average Bonchev–Trinajstić information content (AvgIpc) is 2.45. The molecule has 1 amide bonds. The Bertz CT molecular complexity index is 467. The number of hydrogen-bond donors (Lipinski definition) is 1. The highest BCUT2D eigenvalue weighted by Crippen LogP contribution is 2.27. The van der Waals surface area contributed by atoms with Crippen molar-refractivity contribution in [3.63, 3.8) is 0 Å².